The monoisotopic (exact) mass is 307 g/mol. The van der Waals surface area contributed by atoms with Crippen molar-refractivity contribution in [2.75, 3.05) is 4.90 Å². The molecule has 0 amide bonds. The van der Waals surface area contributed by atoms with Crippen LogP contribution in [0.25, 0.3) is 0 Å². The van der Waals surface area contributed by atoms with Crippen molar-refractivity contribution in [2.45, 2.75) is 46.1 Å². The van der Waals surface area contributed by atoms with E-state index in [1.165, 1.54) is 11.3 Å². The number of ketones is 1. The maximum absolute atomic E-state index is 12.3. The topological polar surface area (TPSA) is 46.1 Å². The van der Waals surface area contributed by atoms with Gasteiger partial charge in [0.05, 0.1) is 17.0 Å². The van der Waals surface area contributed by atoms with Crippen LogP contribution in [0, 0.1) is 12.8 Å². The molecular formula is C19H21N3O. The van der Waals surface area contributed by atoms with Gasteiger partial charge in [-0.3, -0.25) is 4.79 Å². The van der Waals surface area contributed by atoms with Gasteiger partial charge in [0.1, 0.15) is 0 Å². The number of hydrogen-bond acceptors (Lipinski definition) is 4. The summed E-state index contributed by atoms with van der Waals surface area (Å²) in [4.78, 5) is 24.0. The van der Waals surface area contributed by atoms with E-state index in [0.29, 0.717) is 18.4 Å². The Morgan fingerprint density at radius 2 is 1.87 bits per heavy atom. The van der Waals surface area contributed by atoms with Crippen molar-refractivity contribution in [3.05, 3.63) is 46.8 Å². The molecule has 0 N–H and O–H groups in total. The van der Waals surface area contributed by atoms with Crippen molar-refractivity contribution in [3.8, 4) is 0 Å². The summed E-state index contributed by atoms with van der Waals surface area (Å²) in [6, 6.07) is 8.77. The first-order valence-corrected chi connectivity index (χ1v) is 8.32. The number of benzene rings is 1. The van der Waals surface area contributed by atoms with Gasteiger partial charge < -0.3 is 4.90 Å². The summed E-state index contributed by atoms with van der Waals surface area (Å²) >= 11 is 0. The molecule has 0 radical (unpaired) electrons. The molecule has 1 aromatic carbocycles. The normalized spacial score (nSPS) is 22.9. The van der Waals surface area contributed by atoms with Crippen LogP contribution >= 0.6 is 0 Å². The Bertz CT molecular complexity index is 799. The van der Waals surface area contributed by atoms with E-state index >= 15 is 0 Å². The predicted molar refractivity (Wildman–Crippen MR) is 90.3 cm³/mol. The number of aryl methyl sites for hydroxylation is 1. The van der Waals surface area contributed by atoms with Crippen molar-refractivity contribution >= 4 is 17.4 Å². The van der Waals surface area contributed by atoms with Gasteiger partial charge >= 0.3 is 0 Å². The van der Waals surface area contributed by atoms with Crippen LogP contribution in [0.4, 0.5) is 11.6 Å². The Labute approximate surface area is 136 Å². The molecule has 118 valence electrons. The van der Waals surface area contributed by atoms with Gasteiger partial charge in [-0.1, -0.05) is 25.1 Å². The first-order chi connectivity index (χ1) is 11.0. The minimum absolute atomic E-state index is 0.192. The van der Waals surface area contributed by atoms with Crippen molar-refractivity contribution < 1.29 is 4.79 Å². The SMILES string of the molecule is Cc1nc(N2c3ccccc3C[C@H]2C)nc2c1C(=O)C[C@H](C)C2. The molecule has 0 saturated heterocycles. The zero-order valence-electron chi connectivity index (χ0n) is 13.8. The van der Waals surface area contributed by atoms with Crippen LogP contribution in [-0.2, 0) is 12.8 Å². The number of aromatic nitrogens is 2. The molecule has 4 rings (SSSR count). The highest BCUT2D eigenvalue weighted by molar-refractivity contribution is 5.99. The van der Waals surface area contributed by atoms with E-state index in [1.54, 1.807) is 0 Å². The third-order valence-electron chi connectivity index (χ3n) is 4.93. The minimum atomic E-state index is 0.192. The standard InChI is InChI=1S/C19H21N3O/c1-11-8-15-18(17(23)9-11)13(3)20-19(21-15)22-12(2)10-14-6-4-5-7-16(14)22/h4-7,11-12H,8-10H2,1-3H3/t11-,12-/m1/s1. The smallest absolute Gasteiger partial charge is 0.230 e. The summed E-state index contributed by atoms with van der Waals surface area (Å²) in [5.74, 6) is 1.29. The van der Waals surface area contributed by atoms with E-state index in [4.69, 9.17) is 4.98 Å². The Morgan fingerprint density at radius 1 is 1.09 bits per heavy atom. The van der Waals surface area contributed by atoms with Crippen molar-refractivity contribution in [1.29, 1.82) is 0 Å². The Morgan fingerprint density at radius 3 is 2.70 bits per heavy atom. The molecule has 2 heterocycles. The second-order valence-corrected chi connectivity index (χ2v) is 6.92. The zero-order valence-corrected chi connectivity index (χ0v) is 13.8. The molecule has 0 saturated carbocycles. The van der Waals surface area contributed by atoms with Crippen molar-refractivity contribution in [3.63, 3.8) is 0 Å². The first-order valence-electron chi connectivity index (χ1n) is 8.32. The summed E-state index contributed by atoms with van der Waals surface area (Å²) in [5, 5.41) is 0. The lowest BCUT2D eigenvalue weighted by atomic mass is 9.86. The molecule has 1 aromatic heterocycles. The fourth-order valence-electron chi connectivity index (χ4n) is 3.93. The third-order valence-corrected chi connectivity index (χ3v) is 4.93. The number of para-hydroxylation sites is 1. The van der Waals surface area contributed by atoms with E-state index in [1.807, 2.05) is 6.92 Å². The first kappa shape index (κ1) is 14.4. The molecule has 2 atom stereocenters. The number of anilines is 2. The quantitative estimate of drug-likeness (QED) is 0.807. The number of rotatable bonds is 1. The molecule has 0 fully saturated rings. The lowest BCUT2D eigenvalue weighted by Gasteiger charge is -2.26. The fraction of sp³-hybridized carbons (Fsp3) is 0.421. The van der Waals surface area contributed by atoms with E-state index in [-0.39, 0.29) is 5.78 Å². The Kier molecular flexibility index (Phi) is 3.22. The van der Waals surface area contributed by atoms with Crippen LogP contribution in [0.15, 0.2) is 24.3 Å². The van der Waals surface area contributed by atoms with Crippen LogP contribution in [0.5, 0.6) is 0 Å². The summed E-state index contributed by atoms with van der Waals surface area (Å²) in [5.41, 5.74) is 5.02. The summed E-state index contributed by atoms with van der Waals surface area (Å²) < 4.78 is 0. The van der Waals surface area contributed by atoms with Gasteiger partial charge in [0.2, 0.25) is 5.95 Å². The van der Waals surface area contributed by atoms with Crippen LogP contribution in [0.2, 0.25) is 0 Å². The van der Waals surface area contributed by atoms with Gasteiger partial charge in [0, 0.05) is 18.2 Å². The number of fused-ring (bicyclic) bond motifs is 2. The van der Waals surface area contributed by atoms with Crippen LogP contribution in [-0.4, -0.2) is 21.8 Å². The molecule has 1 aliphatic carbocycles. The maximum atomic E-state index is 12.3. The molecule has 23 heavy (non-hydrogen) atoms. The van der Waals surface area contributed by atoms with Crippen LogP contribution < -0.4 is 4.90 Å². The number of Topliss-reactive ketones (excluding diaryl/α,β-unsaturated/α-hetero) is 1. The molecule has 0 spiro atoms. The summed E-state index contributed by atoms with van der Waals surface area (Å²) in [6.45, 7) is 6.25. The highest BCUT2D eigenvalue weighted by Gasteiger charge is 2.32. The van der Waals surface area contributed by atoms with Gasteiger partial charge in [-0.2, -0.15) is 0 Å². The van der Waals surface area contributed by atoms with E-state index < -0.39 is 0 Å². The molecule has 4 heteroatoms. The van der Waals surface area contributed by atoms with Crippen LogP contribution in [0.1, 0.15) is 47.6 Å². The lowest BCUT2D eigenvalue weighted by Crippen LogP contribution is -2.29. The van der Waals surface area contributed by atoms with Gasteiger partial charge in [-0.25, -0.2) is 9.97 Å². The molecule has 2 aromatic rings. The van der Waals surface area contributed by atoms with Crippen LogP contribution in [0.3, 0.4) is 0 Å². The molecule has 2 aliphatic rings. The summed E-state index contributed by atoms with van der Waals surface area (Å²) in [7, 11) is 0. The predicted octanol–water partition coefficient (Wildman–Crippen LogP) is 3.63. The molecule has 0 unspecified atom stereocenters. The Balaban J connectivity index is 1.84. The molecular weight excluding hydrogens is 286 g/mol. The third kappa shape index (κ3) is 2.24. The average molecular weight is 307 g/mol. The van der Waals surface area contributed by atoms with E-state index in [9.17, 15) is 4.79 Å². The zero-order chi connectivity index (χ0) is 16.1. The van der Waals surface area contributed by atoms with Gasteiger partial charge in [0.15, 0.2) is 5.78 Å². The van der Waals surface area contributed by atoms with Crippen molar-refractivity contribution in [1.82, 2.24) is 9.97 Å². The summed E-state index contributed by atoms with van der Waals surface area (Å²) in [6.07, 6.45) is 2.48. The minimum Gasteiger partial charge on any atom is -0.307 e. The maximum Gasteiger partial charge on any atom is 0.230 e. The molecule has 1 aliphatic heterocycles. The van der Waals surface area contributed by atoms with E-state index in [0.717, 1.165) is 35.7 Å². The van der Waals surface area contributed by atoms with Gasteiger partial charge in [-0.05, 0) is 44.2 Å². The second-order valence-electron chi connectivity index (χ2n) is 6.92. The number of carbonyl (C=O) groups excluding carboxylic acids is 1. The highest BCUT2D eigenvalue weighted by atomic mass is 16.1. The van der Waals surface area contributed by atoms with Gasteiger partial charge in [0.25, 0.3) is 0 Å². The average Bonchev–Trinajstić information content (AvgIpc) is 2.81. The Hall–Kier alpha value is -2.23. The number of hydrogen-bond donors (Lipinski definition) is 0. The number of nitrogens with zero attached hydrogens (tertiary/aromatic N) is 3. The molecule has 4 nitrogen and oxygen atoms in total. The number of carbonyl (C=O) groups is 1. The lowest BCUT2D eigenvalue weighted by molar-refractivity contribution is 0.0951. The second kappa shape index (κ2) is 5.15. The largest absolute Gasteiger partial charge is 0.307 e. The fourth-order valence-corrected chi connectivity index (χ4v) is 3.93. The molecule has 0 bridgehead atoms. The highest BCUT2D eigenvalue weighted by Crippen LogP contribution is 2.37. The van der Waals surface area contributed by atoms with E-state index in [2.05, 4.69) is 48.0 Å². The van der Waals surface area contributed by atoms with Gasteiger partial charge in [-0.15, -0.1) is 0 Å². The van der Waals surface area contributed by atoms with Crippen molar-refractivity contribution in [2.24, 2.45) is 5.92 Å².